The van der Waals surface area contributed by atoms with Crippen molar-refractivity contribution in [3.8, 4) is 11.5 Å². The van der Waals surface area contributed by atoms with E-state index < -0.39 is 0 Å². The average molecular weight is 304 g/mol. The lowest BCUT2D eigenvalue weighted by Gasteiger charge is -2.19. The van der Waals surface area contributed by atoms with Crippen LogP contribution in [0.15, 0.2) is 54.6 Å². The third kappa shape index (κ3) is 9.31. The van der Waals surface area contributed by atoms with Crippen molar-refractivity contribution < 1.29 is 19.8 Å². The Hall–Kier alpha value is -2.62. The Morgan fingerprint density at radius 2 is 1.14 bits per heavy atom. The standard InChI is InChI=1S/C10H14O.C6H6O.2CH2O/c1-10(2,3)8-6-4-5-7-9(8)11;7-6-4-2-1-3-5-6;2*1-2/h4-7,11H,1-3H3;1-5,7H;2*1H2. The van der Waals surface area contributed by atoms with Crippen LogP contribution in [0.2, 0.25) is 0 Å². The second-order valence-electron chi connectivity index (χ2n) is 5.10. The predicted molar refractivity (Wildman–Crippen MR) is 89.2 cm³/mol. The van der Waals surface area contributed by atoms with Crippen LogP contribution in [0.25, 0.3) is 0 Å². The molecular weight excluding hydrogens is 280 g/mol. The fourth-order valence-corrected chi connectivity index (χ4v) is 1.54. The SMILES string of the molecule is C=O.C=O.CC(C)(C)c1ccccc1O.Oc1ccccc1. The van der Waals surface area contributed by atoms with E-state index in [1.807, 2.05) is 37.8 Å². The number of para-hydroxylation sites is 2. The largest absolute Gasteiger partial charge is 0.508 e. The van der Waals surface area contributed by atoms with Gasteiger partial charge in [-0.1, -0.05) is 57.2 Å². The highest BCUT2D eigenvalue weighted by Gasteiger charge is 2.16. The minimum Gasteiger partial charge on any atom is -0.508 e. The number of hydrogen-bond donors (Lipinski definition) is 2. The van der Waals surface area contributed by atoms with Gasteiger partial charge in [0, 0.05) is 0 Å². The van der Waals surface area contributed by atoms with Crippen LogP contribution >= 0.6 is 0 Å². The third-order valence-corrected chi connectivity index (χ3v) is 2.47. The van der Waals surface area contributed by atoms with Gasteiger partial charge in [-0.15, -0.1) is 0 Å². The summed E-state index contributed by atoms with van der Waals surface area (Å²) in [5.41, 5.74) is 1.03. The fourth-order valence-electron chi connectivity index (χ4n) is 1.54. The van der Waals surface area contributed by atoms with E-state index in [4.69, 9.17) is 14.7 Å². The van der Waals surface area contributed by atoms with E-state index in [0.717, 1.165) is 5.56 Å². The second kappa shape index (κ2) is 12.1. The van der Waals surface area contributed by atoms with Crippen LogP contribution in [0, 0.1) is 0 Å². The van der Waals surface area contributed by atoms with Gasteiger partial charge in [0.05, 0.1) is 0 Å². The van der Waals surface area contributed by atoms with E-state index in [1.54, 1.807) is 30.3 Å². The minimum absolute atomic E-state index is 0.0331. The van der Waals surface area contributed by atoms with Gasteiger partial charge in [0.15, 0.2) is 0 Å². The molecule has 0 aliphatic rings. The third-order valence-electron chi connectivity index (χ3n) is 2.47. The molecule has 0 radical (unpaired) electrons. The van der Waals surface area contributed by atoms with E-state index in [1.165, 1.54) is 0 Å². The van der Waals surface area contributed by atoms with Gasteiger partial charge in [0.25, 0.3) is 0 Å². The van der Waals surface area contributed by atoms with Crippen molar-refractivity contribution in [3.63, 3.8) is 0 Å². The number of rotatable bonds is 0. The van der Waals surface area contributed by atoms with Crippen LogP contribution in [0.1, 0.15) is 26.3 Å². The maximum atomic E-state index is 9.45. The molecule has 0 saturated carbocycles. The molecule has 0 amide bonds. The first-order chi connectivity index (χ1) is 10.4. The highest BCUT2D eigenvalue weighted by molar-refractivity contribution is 5.36. The summed E-state index contributed by atoms with van der Waals surface area (Å²) < 4.78 is 0. The summed E-state index contributed by atoms with van der Waals surface area (Å²) in [6, 6.07) is 16.2. The van der Waals surface area contributed by atoms with Gasteiger partial charge in [-0.3, -0.25) is 0 Å². The number of hydrogen-bond acceptors (Lipinski definition) is 4. The summed E-state index contributed by atoms with van der Waals surface area (Å²) in [5.74, 6) is 0.711. The monoisotopic (exact) mass is 304 g/mol. The first-order valence-electron chi connectivity index (χ1n) is 6.51. The Balaban J connectivity index is 0. The Bertz CT molecular complexity index is 502. The molecule has 2 aromatic rings. The molecular formula is C18H24O4. The van der Waals surface area contributed by atoms with Gasteiger partial charge in [0.1, 0.15) is 25.1 Å². The molecule has 4 heteroatoms. The van der Waals surface area contributed by atoms with Crippen LogP contribution in [0.5, 0.6) is 11.5 Å². The summed E-state index contributed by atoms with van der Waals surface area (Å²) in [5, 5.41) is 18.1. The molecule has 0 fully saturated rings. The summed E-state index contributed by atoms with van der Waals surface area (Å²) in [6.45, 7) is 10.3. The smallest absolute Gasteiger partial charge is 0.119 e. The lowest BCUT2D eigenvalue weighted by atomic mass is 9.86. The summed E-state index contributed by atoms with van der Waals surface area (Å²) >= 11 is 0. The van der Waals surface area contributed by atoms with Crippen molar-refractivity contribution in [2.75, 3.05) is 0 Å². The van der Waals surface area contributed by atoms with Crippen molar-refractivity contribution in [1.29, 1.82) is 0 Å². The Morgan fingerprint density at radius 1 is 0.727 bits per heavy atom. The molecule has 0 aliphatic carbocycles. The molecule has 120 valence electrons. The molecule has 0 aliphatic heterocycles. The van der Waals surface area contributed by atoms with Crippen LogP contribution < -0.4 is 0 Å². The molecule has 22 heavy (non-hydrogen) atoms. The number of phenolic OH excluding ortho intramolecular Hbond substituents is 2. The summed E-state index contributed by atoms with van der Waals surface area (Å²) in [4.78, 5) is 16.0. The Kier molecular flexibility index (Phi) is 12.0. The van der Waals surface area contributed by atoms with E-state index in [-0.39, 0.29) is 5.41 Å². The predicted octanol–water partition coefficient (Wildman–Crippen LogP) is 3.71. The minimum atomic E-state index is 0.0331. The van der Waals surface area contributed by atoms with Crippen LogP contribution in [-0.4, -0.2) is 23.8 Å². The number of aromatic hydroxyl groups is 2. The van der Waals surface area contributed by atoms with E-state index in [0.29, 0.717) is 11.5 Å². The van der Waals surface area contributed by atoms with Gasteiger partial charge >= 0.3 is 0 Å². The highest BCUT2D eigenvalue weighted by atomic mass is 16.3. The van der Waals surface area contributed by atoms with E-state index in [2.05, 4.69) is 20.8 Å². The van der Waals surface area contributed by atoms with Gasteiger partial charge in [-0.25, -0.2) is 0 Å². The number of phenols is 2. The zero-order chi connectivity index (χ0) is 17.6. The fraction of sp³-hybridized carbons (Fsp3) is 0.222. The van der Waals surface area contributed by atoms with Gasteiger partial charge in [-0.2, -0.15) is 0 Å². The number of benzene rings is 2. The zero-order valence-corrected chi connectivity index (χ0v) is 13.3. The van der Waals surface area contributed by atoms with Gasteiger partial charge in [0.2, 0.25) is 0 Å². The molecule has 2 aromatic carbocycles. The maximum absolute atomic E-state index is 9.45. The van der Waals surface area contributed by atoms with Crippen LogP contribution in [-0.2, 0) is 15.0 Å². The average Bonchev–Trinajstić information content (AvgIpc) is 2.52. The van der Waals surface area contributed by atoms with Crippen LogP contribution in [0.4, 0.5) is 0 Å². The van der Waals surface area contributed by atoms with Crippen molar-refractivity contribution >= 4 is 13.6 Å². The quantitative estimate of drug-likeness (QED) is 0.778. The normalized spacial score (nSPS) is 8.86. The topological polar surface area (TPSA) is 74.6 Å². The molecule has 0 atom stereocenters. The van der Waals surface area contributed by atoms with Crippen molar-refractivity contribution in [2.45, 2.75) is 26.2 Å². The first kappa shape index (κ1) is 21.7. The number of carbonyl (C=O) groups is 2. The number of carbonyl (C=O) groups excluding carboxylic acids is 2. The molecule has 2 rings (SSSR count). The molecule has 0 saturated heterocycles. The lowest BCUT2D eigenvalue weighted by Crippen LogP contribution is -2.10. The molecule has 0 spiro atoms. The summed E-state index contributed by atoms with van der Waals surface area (Å²) in [7, 11) is 0. The zero-order valence-electron chi connectivity index (χ0n) is 13.3. The first-order valence-corrected chi connectivity index (χ1v) is 6.51. The van der Waals surface area contributed by atoms with Crippen molar-refractivity contribution in [1.82, 2.24) is 0 Å². The van der Waals surface area contributed by atoms with Crippen LogP contribution in [0.3, 0.4) is 0 Å². The van der Waals surface area contributed by atoms with E-state index >= 15 is 0 Å². The van der Waals surface area contributed by atoms with Gasteiger partial charge < -0.3 is 19.8 Å². The Labute approximate surface area is 132 Å². The van der Waals surface area contributed by atoms with E-state index in [9.17, 15) is 5.11 Å². The second-order valence-corrected chi connectivity index (χ2v) is 5.10. The van der Waals surface area contributed by atoms with Gasteiger partial charge in [-0.05, 0) is 29.2 Å². The molecule has 0 heterocycles. The summed E-state index contributed by atoms with van der Waals surface area (Å²) in [6.07, 6.45) is 0. The molecule has 0 bridgehead atoms. The molecule has 0 aromatic heterocycles. The highest BCUT2D eigenvalue weighted by Crippen LogP contribution is 2.29. The van der Waals surface area contributed by atoms with Crippen molar-refractivity contribution in [2.24, 2.45) is 0 Å². The maximum Gasteiger partial charge on any atom is 0.119 e. The Morgan fingerprint density at radius 3 is 1.41 bits per heavy atom. The lowest BCUT2D eigenvalue weighted by molar-refractivity contribution is -0.0987. The molecule has 0 unspecified atom stereocenters. The molecule has 2 N–H and O–H groups in total. The van der Waals surface area contributed by atoms with Crippen molar-refractivity contribution in [3.05, 3.63) is 60.2 Å². The molecule has 4 nitrogen and oxygen atoms in total.